The van der Waals surface area contributed by atoms with Gasteiger partial charge in [0.15, 0.2) is 0 Å². The van der Waals surface area contributed by atoms with Crippen LogP contribution in [0, 0.1) is 12.8 Å². The van der Waals surface area contributed by atoms with Crippen LogP contribution in [0.3, 0.4) is 0 Å². The Morgan fingerprint density at radius 3 is 2.73 bits per heavy atom. The van der Waals surface area contributed by atoms with Crippen molar-refractivity contribution in [2.24, 2.45) is 5.92 Å². The third-order valence-corrected chi connectivity index (χ3v) is 5.96. The zero-order valence-electron chi connectivity index (χ0n) is 16.6. The lowest BCUT2D eigenvalue weighted by Crippen LogP contribution is -2.42. The van der Waals surface area contributed by atoms with Crippen LogP contribution < -0.4 is 5.32 Å². The molecule has 0 bridgehead atoms. The van der Waals surface area contributed by atoms with Crippen molar-refractivity contribution in [1.82, 2.24) is 9.88 Å². The average Bonchev–Trinajstić information content (AvgIpc) is 2.89. The maximum atomic E-state index is 13.2. The van der Waals surface area contributed by atoms with Crippen LogP contribution in [0.4, 0.5) is 0 Å². The molecule has 1 N–H and O–H groups in total. The first-order valence-electron chi connectivity index (χ1n) is 9.98. The van der Waals surface area contributed by atoms with Gasteiger partial charge in [-0.2, -0.15) is 0 Å². The molecule has 1 aromatic carbocycles. The summed E-state index contributed by atoms with van der Waals surface area (Å²) in [7, 11) is 0. The van der Waals surface area contributed by atoms with Gasteiger partial charge in [-0.05, 0) is 54.9 Å². The molecule has 1 amide bonds. The third kappa shape index (κ3) is 3.44. The van der Waals surface area contributed by atoms with E-state index in [2.05, 4.69) is 62.4 Å². The lowest BCUT2D eigenvalue weighted by Gasteiger charge is -2.29. The quantitative estimate of drug-likeness (QED) is 0.702. The fourth-order valence-electron chi connectivity index (χ4n) is 4.28. The van der Waals surface area contributed by atoms with Crippen LogP contribution >= 0.6 is 0 Å². The van der Waals surface area contributed by atoms with Crippen molar-refractivity contribution in [2.75, 3.05) is 0 Å². The molecule has 0 aliphatic heterocycles. The Labute approximate surface area is 157 Å². The monoisotopic (exact) mass is 352 g/mol. The summed E-state index contributed by atoms with van der Waals surface area (Å²) < 4.78 is 2.12. The van der Waals surface area contributed by atoms with Gasteiger partial charge in [-0.25, -0.2) is 0 Å². The molecule has 1 fully saturated rings. The van der Waals surface area contributed by atoms with Crippen LogP contribution in [-0.4, -0.2) is 16.5 Å². The number of amides is 1. The first kappa shape index (κ1) is 18.8. The van der Waals surface area contributed by atoms with E-state index in [0.717, 1.165) is 23.2 Å². The van der Waals surface area contributed by atoms with E-state index in [1.165, 1.54) is 30.2 Å². The molecule has 2 atom stereocenters. The Hall–Kier alpha value is -2.03. The molecule has 3 heteroatoms. The molecule has 1 saturated carbocycles. The van der Waals surface area contributed by atoms with E-state index >= 15 is 0 Å². The van der Waals surface area contributed by atoms with E-state index in [0.29, 0.717) is 18.4 Å². The summed E-state index contributed by atoms with van der Waals surface area (Å²) in [5.74, 6) is 1.09. The van der Waals surface area contributed by atoms with Crippen molar-refractivity contribution in [3.63, 3.8) is 0 Å². The Kier molecular flexibility index (Phi) is 5.55. The molecule has 0 spiro atoms. The second-order valence-corrected chi connectivity index (χ2v) is 8.15. The second-order valence-electron chi connectivity index (χ2n) is 8.15. The van der Waals surface area contributed by atoms with Gasteiger partial charge >= 0.3 is 0 Å². The summed E-state index contributed by atoms with van der Waals surface area (Å²) in [6, 6.07) is 6.87. The van der Waals surface area contributed by atoms with Crippen molar-refractivity contribution in [2.45, 2.75) is 71.9 Å². The molecule has 3 rings (SSSR count). The molecule has 1 heterocycles. The van der Waals surface area contributed by atoms with Crippen LogP contribution in [0.2, 0.25) is 0 Å². The number of hydrogen-bond donors (Lipinski definition) is 1. The summed E-state index contributed by atoms with van der Waals surface area (Å²) in [6.45, 7) is 13.3. The number of aromatic nitrogens is 1. The Bertz CT molecular complexity index is 815. The van der Waals surface area contributed by atoms with Gasteiger partial charge in [0.2, 0.25) is 0 Å². The van der Waals surface area contributed by atoms with Crippen molar-refractivity contribution < 1.29 is 4.79 Å². The van der Waals surface area contributed by atoms with Crippen molar-refractivity contribution in [3.8, 4) is 0 Å². The van der Waals surface area contributed by atoms with Crippen LogP contribution in [0.1, 0.15) is 74.0 Å². The van der Waals surface area contributed by atoms with E-state index in [4.69, 9.17) is 0 Å². The normalized spacial score (nSPS) is 20.5. The smallest absolute Gasteiger partial charge is 0.268 e. The van der Waals surface area contributed by atoms with Crippen molar-refractivity contribution in [1.29, 1.82) is 0 Å². The van der Waals surface area contributed by atoms with Crippen molar-refractivity contribution in [3.05, 3.63) is 47.7 Å². The lowest BCUT2D eigenvalue weighted by molar-refractivity contribution is 0.0901. The molecule has 1 aliphatic rings. The molecular formula is C23H32N2O. The number of nitrogens with one attached hydrogen (secondary N) is 1. The van der Waals surface area contributed by atoms with Gasteiger partial charge in [0.05, 0.1) is 0 Å². The minimum Gasteiger partial charge on any atom is -0.348 e. The predicted molar refractivity (Wildman–Crippen MR) is 110 cm³/mol. The van der Waals surface area contributed by atoms with Crippen LogP contribution in [-0.2, 0) is 6.54 Å². The maximum absolute atomic E-state index is 13.2. The van der Waals surface area contributed by atoms with Gasteiger partial charge in [0.25, 0.3) is 5.91 Å². The number of allylic oxidation sites excluding steroid dienone is 1. The largest absolute Gasteiger partial charge is 0.348 e. The number of aryl methyl sites for hydroxylation is 1. The Balaban J connectivity index is 2.02. The fraction of sp³-hybridized carbons (Fsp3) is 0.522. The lowest BCUT2D eigenvalue weighted by atomic mass is 9.86. The van der Waals surface area contributed by atoms with Gasteiger partial charge in [-0.15, -0.1) is 6.58 Å². The molecule has 0 radical (unpaired) electrons. The standard InChI is InChI=1S/C23H32N2O/c1-6-13-25-21-12-11-18(15(2)3)14-19(21)17(5)22(25)23(26)24-20-10-8-7-9-16(20)4/h6,11-12,14-16,20H,1,7-10,13H2,2-5H3,(H,24,26). The first-order valence-corrected chi connectivity index (χ1v) is 9.98. The van der Waals surface area contributed by atoms with E-state index in [1.807, 2.05) is 6.08 Å². The second kappa shape index (κ2) is 7.69. The summed E-state index contributed by atoms with van der Waals surface area (Å²) in [4.78, 5) is 13.2. The van der Waals surface area contributed by atoms with Crippen LogP contribution in [0.15, 0.2) is 30.9 Å². The zero-order chi connectivity index (χ0) is 18.8. The minimum absolute atomic E-state index is 0.0606. The number of hydrogen-bond acceptors (Lipinski definition) is 1. The molecule has 0 saturated heterocycles. The third-order valence-electron chi connectivity index (χ3n) is 5.96. The van der Waals surface area contributed by atoms with E-state index in [9.17, 15) is 4.79 Å². The molecule has 26 heavy (non-hydrogen) atoms. The molecule has 1 aliphatic carbocycles. The van der Waals surface area contributed by atoms with E-state index in [-0.39, 0.29) is 11.9 Å². The first-order chi connectivity index (χ1) is 12.4. The summed E-state index contributed by atoms with van der Waals surface area (Å²) in [5.41, 5.74) is 4.29. The number of fused-ring (bicyclic) bond motifs is 1. The number of rotatable bonds is 5. The highest BCUT2D eigenvalue weighted by atomic mass is 16.2. The van der Waals surface area contributed by atoms with Crippen LogP contribution in [0.5, 0.6) is 0 Å². The molecule has 2 unspecified atom stereocenters. The van der Waals surface area contributed by atoms with Gasteiger partial charge in [0.1, 0.15) is 5.69 Å². The van der Waals surface area contributed by atoms with Crippen molar-refractivity contribution >= 4 is 16.8 Å². The van der Waals surface area contributed by atoms with Gasteiger partial charge in [-0.1, -0.05) is 45.8 Å². The summed E-state index contributed by atoms with van der Waals surface area (Å²) >= 11 is 0. The number of carbonyl (C=O) groups excluding carboxylic acids is 1. The predicted octanol–water partition coefficient (Wildman–Crippen LogP) is 5.57. The van der Waals surface area contributed by atoms with E-state index in [1.54, 1.807) is 0 Å². The number of carbonyl (C=O) groups is 1. The van der Waals surface area contributed by atoms with Gasteiger partial charge in [0, 0.05) is 23.5 Å². The number of benzene rings is 1. The Morgan fingerprint density at radius 1 is 1.35 bits per heavy atom. The molecule has 3 nitrogen and oxygen atoms in total. The minimum atomic E-state index is 0.0606. The fourth-order valence-corrected chi connectivity index (χ4v) is 4.28. The maximum Gasteiger partial charge on any atom is 0.268 e. The van der Waals surface area contributed by atoms with E-state index < -0.39 is 0 Å². The molecule has 140 valence electrons. The average molecular weight is 353 g/mol. The molecule has 1 aromatic heterocycles. The summed E-state index contributed by atoms with van der Waals surface area (Å²) in [6.07, 6.45) is 6.65. The molecular weight excluding hydrogens is 320 g/mol. The number of nitrogens with zero attached hydrogens (tertiary/aromatic N) is 1. The van der Waals surface area contributed by atoms with Crippen LogP contribution in [0.25, 0.3) is 10.9 Å². The Morgan fingerprint density at radius 2 is 2.08 bits per heavy atom. The summed E-state index contributed by atoms with van der Waals surface area (Å²) in [5, 5.41) is 4.51. The zero-order valence-corrected chi connectivity index (χ0v) is 16.6. The molecule has 2 aromatic rings. The SMILES string of the molecule is C=CCn1c(C(=O)NC2CCCCC2C)c(C)c2cc(C(C)C)ccc21. The highest BCUT2D eigenvalue weighted by Crippen LogP contribution is 2.30. The van der Waals surface area contributed by atoms with Gasteiger partial charge < -0.3 is 9.88 Å². The highest BCUT2D eigenvalue weighted by molar-refractivity contribution is 6.02. The topological polar surface area (TPSA) is 34.0 Å². The van der Waals surface area contributed by atoms with Gasteiger partial charge in [-0.3, -0.25) is 4.79 Å². The highest BCUT2D eigenvalue weighted by Gasteiger charge is 2.26.